The first-order chi connectivity index (χ1) is 11.6. The summed E-state index contributed by atoms with van der Waals surface area (Å²) in [6, 6.07) is 0. The van der Waals surface area contributed by atoms with Crippen LogP contribution in [0.2, 0.25) is 0 Å². The lowest BCUT2D eigenvalue weighted by molar-refractivity contribution is -0.132. The average molecular weight is 332 g/mol. The van der Waals surface area contributed by atoms with Crippen LogP contribution in [-0.4, -0.2) is 58.5 Å². The highest BCUT2D eigenvalue weighted by Gasteiger charge is 2.25. The molecule has 0 aliphatic carbocycles. The number of rotatable bonds is 6. The number of fused-ring (bicyclic) bond motifs is 1. The van der Waals surface area contributed by atoms with Gasteiger partial charge in [0.15, 0.2) is 0 Å². The molecule has 1 aromatic heterocycles. The highest BCUT2D eigenvalue weighted by Crippen LogP contribution is 2.22. The fourth-order valence-electron chi connectivity index (χ4n) is 3.27. The summed E-state index contributed by atoms with van der Waals surface area (Å²) in [5, 5.41) is 0. The minimum Gasteiger partial charge on any atom is -0.379 e. The predicted molar refractivity (Wildman–Crippen MR) is 91.3 cm³/mol. The minimum absolute atomic E-state index is 0.228. The van der Waals surface area contributed by atoms with E-state index in [1.807, 2.05) is 11.1 Å². The van der Waals surface area contributed by atoms with E-state index in [1.165, 1.54) is 0 Å². The van der Waals surface area contributed by atoms with Gasteiger partial charge >= 0.3 is 0 Å². The molecule has 0 aromatic carbocycles. The molecule has 24 heavy (non-hydrogen) atoms. The molecule has 2 aliphatic heterocycles. The molecule has 6 heteroatoms. The smallest absolute Gasteiger partial charge is 0.223 e. The van der Waals surface area contributed by atoms with Crippen LogP contribution in [-0.2, 0) is 29.0 Å². The standard InChI is InChI=1S/C18H28N4O2/c1-14(2)10-17-19-11-15-12-22(13-16(15)20-17)18(23)4-3-5-21-6-8-24-9-7-21/h11,14H,3-10,12-13H2,1-2H3. The molecule has 1 aromatic rings. The molecule has 0 bridgehead atoms. The molecule has 6 nitrogen and oxygen atoms in total. The lowest BCUT2D eigenvalue weighted by atomic mass is 10.1. The number of carbonyl (C=O) groups is 1. The van der Waals surface area contributed by atoms with Crippen molar-refractivity contribution in [3.63, 3.8) is 0 Å². The van der Waals surface area contributed by atoms with Gasteiger partial charge < -0.3 is 9.64 Å². The van der Waals surface area contributed by atoms with Crippen LogP contribution in [0.4, 0.5) is 0 Å². The van der Waals surface area contributed by atoms with E-state index in [9.17, 15) is 4.79 Å². The molecule has 0 N–H and O–H groups in total. The Labute approximate surface area is 144 Å². The van der Waals surface area contributed by atoms with E-state index in [1.54, 1.807) is 0 Å². The van der Waals surface area contributed by atoms with E-state index >= 15 is 0 Å². The number of hydrogen-bond acceptors (Lipinski definition) is 5. The van der Waals surface area contributed by atoms with E-state index in [-0.39, 0.29) is 5.91 Å². The Morgan fingerprint density at radius 1 is 1.29 bits per heavy atom. The molecular weight excluding hydrogens is 304 g/mol. The molecule has 0 unspecified atom stereocenters. The largest absolute Gasteiger partial charge is 0.379 e. The van der Waals surface area contributed by atoms with Gasteiger partial charge in [0.05, 0.1) is 25.5 Å². The van der Waals surface area contributed by atoms with Crippen molar-refractivity contribution < 1.29 is 9.53 Å². The van der Waals surface area contributed by atoms with Crippen LogP contribution in [0.15, 0.2) is 6.20 Å². The van der Waals surface area contributed by atoms with E-state index in [4.69, 9.17) is 4.74 Å². The Morgan fingerprint density at radius 2 is 2.08 bits per heavy atom. The molecule has 1 amide bonds. The molecule has 0 atom stereocenters. The zero-order valence-corrected chi connectivity index (χ0v) is 14.8. The number of hydrogen-bond donors (Lipinski definition) is 0. The number of amides is 1. The fourth-order valence-corrected chi connectivity index (χ4v) is 3.27. The van der Waals surface area contributed by atoms with Crippen LogP contribution in [0.25, 0.3) is 0 Å². The summed E-state index contributed by atoms with van der Waals surface area (Å²) in [4.78, 5) is 25.8. The first-order valence-corrected chi connectivity index (χ1v) is 9.03. The molecule has 0 saturated carbocycles. The third kappa shape index (κ3) is 4.51. The summed E-state index contributed by atoms with van der Waals surface area (Å²) in [5.74, 6) is 1.67. The highest BCUT2D eigenvalue weighted by atomic mass is 16.5. The Bertz CT molecular complexity index is 570. The maximum absolute atomic E-state index is 12.5. The summed E-state index contributed by atoms with van der Waals surface area (Å²) < 4.78 is 5.35. The van der Waals surface area contributed by atoms with Gasteiger partial charge in [-0.2, -0.15) is 0 Å². The van der Waals surface area contributed by atoms with Crippen molar-refractivity contribution in [1.29, 1.82) is 0 Å². The van der Waals surface area contributed by atoms with Crippen molar-refractivity contribution in [1.82, 2.24) is 19.8 Å². The van der Waals surface area contributed by atoms with Gasteiger partial charge in [-0.1, -0.05) is 13.8 Å². The second-order valence-electron chi connectivity index (χ2n) is 7.16. The SMILES string of the molecule is CC(C)Cc1ncc2c(n1)CN(C(=O)CCCN1CCOCC1)C2. The lowest BCUT2D eigenvalue weighted by Gasteiger charge is -2.26. The van der Waals surface area contributed by atoms with E-state index in [0.717, 1.165) is 62.8 Å². The van der Waals surface area contributed by atoms with Crippen LogP contribution in [0.5, 0.6) is 0 Å². The van der Waals surface area contributed by atoms with Crippen molar-refractivity contribution >= 4 is 5.91 Å². The molecule has 1 fully saturated rings. The summed E-state index contributed by atoms with van der Waals surface area (Å²) in [5.41, 5.74) is 2.13. The van der Waals surface area contributed by atoms with Gasteiger partial charge in [-0.15, -0.1) is 0 Å². The molecular formula is C18H28N4O2. The molecule has 132 valence electrons. The number of aromatic nitrogens is 2. The Morgan fingerprint density at radius 3 is 2.83 bits per heavy atom. The monoisotopic (exact) mass is 332 g/mol. The number of nitrogens with zero attached hydrogens (tertiary/aromatic N) is 4. The molecule has 0 spiro atoms. The van der Waals surface area contributed by atoms with Gasteiger partial charge in [0.1, 0.15) is 5.82 Å². The average Bonchev–Trinajstić information content (AvgIpc) is 2.98. The summed E-state index contributed by atoms with van der Waals surface area (Å²) in [6.45, 7) is 10.2. The lowest BCUT2D eigenvalue weighted by Crippen LogP contribution is -2.37. The van der Waals surface area contributed by atoms with Gasteiger partial charge in [0.25, 0.3) is 0 Å². The zero-order valence-electron chi connectivity index (χ0n) is 14.8. The van der Waals surface area contributed by atoms with Gasteiger partial charge in [0, 0.05) is 44.2 Å². The van der Waals surface area contributed by atoms with Gasteiger partial charge in [0.2, 0.25) is 5.91 Å². The number of ether oxygens (including phenoxy) is 1. The Balaban J connectivity index is 1.46. The fraction of sp³-hybridized carbons (Fsp3) is 0.722. The van der Waals surface area contributed by atoms with Gasteiger partial charge in [-0.25, -0.2) is 9.97 Å². The Kier molecular flexibility index (Phi) is 5.79. The predicted octanol–water partition coefficient (Wildman–Crippen LogP) is 1.63. The second-order valence-corrected chi connectivity index (χ2v) is 7.16. The first-order valence-electron chi connectivity index (χ1n) is 9.03. The second kappa shape index (κ2) is 8.03. The maximum Gasteiger partial charge on any atom is 0.223 e. The summed E-state index contributed by atoms with van der Waals surface area (Å²) in [6.07, 6.45) is 4.31. The third-order valence-corrected chi connectivity index (χ3v) is 4.62. The Hall–Kier alpha value is -1.53. The van der Waals surface area contributed by atoms with Crippen LogP contribution in [0, 0.1) is 5.92 Å². The van der Waals surface area contributed by atoms with Crippen molar-refractivity contribution in [3.8, 4) is 0 Å². The van der Waals surface area contributed by atoms with Gasteiger partial charge in [-0.3, -0.25) is 9.69 Å². The topological polar surface area (TPSA) is 58.6 Å². The van der Waals surface area contributed by atoms with E-state index in [0.29, 0.717) is 25.4 Å². The van der Waals surface area contributed by atoms with Crippen LogP contribution < -0.4 is 0 Å². The maximum atomic E-state index is 12.5. The van der Waals surface area contributed by atoms with Crippen molar-refractivity contribution in [2.75, 3.05) is 32.8 Å². The molecule has 3 heterocycles. The van der Waals surface area contributed by atoms with Crippen molar-refractivity contribution in [2.45, 2.75) is 46.2 Å². The van der Waals surface area contributed by atoms with E-state index < -0.39 is 0 Å². The van der Waals surface area contributed by atoms with Crippen molar-refractivity contribution in [2.24, 2.45) is 5.92 Å². The molecule has 2 aliphatic rings. The van der Waals surface area contributed by atoms with Crippen LogP contribution >= 0.6 is 0 Å². The van der Waals surface area contributed by atoms with Gasteiger partial charge in [-0.05, 0) is 18.9 Å². The van der Waals surface area contributed by atoms with Crippen LogP contribution in [0.3, 0.4) is 0 Å². The highest BCUT2D eigenvalue weighted by molar-refractivity contribution is 5.76. The normalized spacial score (nSPS) is 18.2. The third-order valence-electron chi connectivity index (χ3n) is 4.62. The molecule has 3 rings (SSSR count). The number of morpholine rings is 1. The molecule has 1 saturated heterocycles. The quantitative estimate of drug-likeness (QED) is 0.792. The first kappa shape index (κ1) is 17.3. The van der Waals surface area contributed by atoms with Crippen molar-refractivity contribution in [3.05, 3.63) is 23.3 Å². The van der Waals surface area contributed by atoms with Crippen LogP contribution in [0.1, 0.15) is 43.8 Å². The van der Waals surface area contributed by atoms with E-state index in [2.05, 4.69) is 28.7 Å². The number of carbonyl (C=O) groups excluding carboxylic acids is 1. The summed E-state index contributed by atoms with van der Waals surface area (Å²) >= 11 is 0. The zero-order chi connectivity index (χ0) is 16.9. The minimum atomic E-state index is 0.228. The molecule has 0 radical (unpaired) electrons. The summed E-state index contributed by atoms with van der Waals surface area (Å²) in [7, 11) is 0.